The first kappa shape index (κ1) is 11.7. The molecule has 0 aliphatic carbocycles. The topological polar surface area (TPSA) is 55.8 Å². The highest BCUT2D eigenvalue weighted by Crippen LogP contribution is 2.46. The maximum absolute atomic E-state index is 12.5. The summed E-state index contributed by atoms with van der Waals surface area (Å²) in [5.41, 5.74) is 0.563. The van der Waals surface area contributed by atoms with Crippen LogP contribution >= 0.6 is 0 Å². The number of benzene rings is 1. The summed E-state index contributed by atoms with van der Waals surface area (Å²) < 4.78 is 10.8. The van der Waals surface area contributed by atoms with Gasteiger partial charge in [0.15, 0.2) is 0 Å². The average Bonchev–Trinajstić information content (AvgIpc) is 3.13. The summed E-state index contributed by atoms with van der Waals surface area (Å²) in [4.78, 5) is 26.3. The lowest BCUT2D eigenvalue weighted by atomic mass is 9.85. The highest BCUT2D eigenvalue weighted by Gasteiger charge is 2.60. The number of hydrogen-bond donors (Lipinski definition) is 0. The number of carbonyl (C=O) groups is 2. The monoisotopic (exact) mass is 271 g/mol. The second-order valence-corrected chi connectivity index (χ2v) is 5.22. The smallest absolute Gasteiger partial charge is 0.240 e. The van der Waals surface area contributed by atoms with Gasteiger partial charge in [-0.3, -0.25) is 9.59 Å². The second-order valence-electron chi connectivity index (χ2n) is 5.22. The van der Waals surface area contributed by atoms with E-state index >= 15 is 0 Å². The fourth-order valence-electron chi connectivity index (χ4n) is 3.31. The average molecular weight is 271 g/mol. The van der Waals surface area contributed by atoms with Gasteiger partial charge in [0.2, 0.25) is 11.8 Å². The first-order valence-electron chi connectivity index (χ1n) is 6.56. The number of fused-ring (bicyclic) bond motifs is 5. The van der Waals surface area contributed by atoms with E-state index in [1.54, 1.807) is 31.4 Å². The summed E-state index contributed by atoms with van der Waals surface area (Å²) in [6.07, 6.45) is 3.26. The van der Waals surface area contributed by atoms with Crippen LogP contribution in [0.25, 0.3) is 0 Å². The predicted molar refractivity (Wildman–Crippen MR) is 70.3 cm³/mol. The van der Waals surface area contributed by atoms with Gasteiger partial charge in [0.1, 0.15) is 5.75 Å². The number of hydrogen-bond acceptors (Lipinski definition) is 4. The zero-order valence-corrected chi connectivity index (χ0v) is 10.9. The largest absolute Gasteiger partial charge is 0.497 e. The van der Waals surface area contributed by atoms with E-state index < -0.39 is 0 Å². The molecule has 0 unspecified atom stereocenters. The molecule has 5 nitrogen and oxygen atoms in total. The molecule has 2 fully saturated rings. The molecule has 0 spiro atoms. The van der Waals surface area contributed by atoms with E-state index in [0.717, 1.165) is 0 Å². The molecule has 102 valence electrons. The lowest BCUT2D eigenvalue weighted by Gasteiger charge is -2.18. The van der Waals surface area contributed by atoms with E-state index in [2.05, 4.69) is 0 Å². The van der Waals surface area contributed by atoms with Crippen molar-refractivity contribution in [3.05, 3.63) is 36.4 Å². The summed E-state index contributed by atoms with van der Waals surface area (Å²) in [5.74, 6) is -0.472. The van der Waals surface area contributed by atoms with Gasteiger partial charge in [-0.2, -0.15) is 0 Å². The van der Waals surface area contributed by atoms with E-state index in [1.165, 1.54) is 4.90 Å². The van der Waals surface area contributed by atoms with Gasteiger partial charge in [-0.1, -0.05) is 18.2 Å². The first-order chi connectivity index (χ1) is 9.70. The summed E-state index contributed by atoms with van der Waals surface area (Å²) in [6.45, 7) is 0. The third kappa shape index (κ3) is 1.35. The fourth-order valence-corrected chi connectivity index (χ4v) is 3.31. The van der Waals surface area contributed by atoms with Crippen LogP contribution in [-0.4, -0.2) is 31.1 Å². The van der Waals surface area contributed by atoms with Crippen LogP contribution in [0.15, 0.2) is 36.4 Å². The van der Waals surface area contributed by atoms with Crippen LogP contribution in [0.1, 0.15) is 0 Å². The Morgan fingerprint density at radius 2 is 1.75 bits per heavy atom. The van der Waals surface area contributed by atoms with E-state index in [4.69, 9.17) is 9.47 Å². The highest BCUT2D eigenvalue weighted by atomic mass is 16.5. The maximum atomic E-state index is 12.5. The molecule has 4 atom stereocenters. The van der Waals surface area contributed by atoms with Crippen LogP contribution < -0.4 is 9.64 Å². The van der Waals surface area contributed by atoms with Gasteiger partial charge in [-0.25, -0.2) is 4.90 Å². The van der Waals surface area contributed by atoms with Crippen molar-refractivity contribution in [3.63, 3.8) is 0 Å². The molecule has 3 aliphatic heterocycles. The number of imide groups is 1. The van der Waals surface area contributed by atoms with Gasteiger partial charge in [0, 0.05) is 6.07 Å². The third-order valence-corrected chi connectivity index (χ3v) is 4.22. The number of carbonyl (C=O) groups excluding carboxylic acids is 2. The molecule has 4 rings (SSSR count). The first-order valence-corrected chi connectivity index (χ1v) is 6.56. The molecule has 2 amide bonds. The molecular formula is C15H13NO4. The molecule has 5 heteroatoms. The molecule has 2 bridgehead atoms. The Labute approximate surface area is 115 Å². The number of methoxy groups -OCH3 is 1. The molecule has 0 N–H and O–H groups in total. The lowest BCUT2D eigenvalue weighted by molar-refractivity contribution is -0.124. The summed E-state index contributed by atoms with van der Waals surface area (Å²) in [5, 5.41) is 0. The van der Waals surface area contributed by atoms with Crippen LogP contribution in [0.3, 0.4) is 0 Å². The normalized spacial score (nSPS) is 34.0. The van der Waals surface area contributed by atoms with Crippen LogP contribution in [0.5, 0.6) is 5.75 Å². The number of nitrogens with zero attached hydrogens (tertiary/aromatic N) is 1. The van der Waals surface area contributed by atoms with Crippen molar-refractivity contribution in [1.29, 1.82) is 0 Å². The zero-order valence-electron chi connectivity index (χ0n) is 10.9. The Bertz CT molecular complexity index is 609. The van der Waals surface area contributed by atoms with Crippen molar-refractivity contribution in [2.75, 3.05) is 12.0 Å². The minimum Gasteiger partial charge on any atom is -0.497 e. The van der Waals surface area contributed by atoms with Gasteiger partial charge >= 0.3 is 0 Å². The van der Waals surface area contributed by atoms with Gasteiger partial charge < -0.3 is 9.47 Å². The molecule has 20 heavy (non-hydrogen) atoms. The van der Waals surface area contributed by atoms with Crippen LogP contribution in [0.2, 0.25) is 0 Å². The van der Waals surface area contributed by atoms with Gasteiger partial charge in [-0.15, -0.1) is 0 Å². The Kier molecular flexibility index (Phi) is 2.29. The highest BCUT2D eigenvalue weighted by molar-refractivity contribution is 6.23. The van der Waals surface area contributed by atoms with E-state index in [9.17, 15) is 9.59 Å². The summed E-state index contributed by atoms with van der Waals surface area (Å²) in [7, 11) is 1.56. The van der Waals surface area contributed by atoms with Crippen molar-refractivity contribution in [3.8, 4) is 5.75 Å². The minimum atomic E-state index is -0.372. The Morgan fingerprint density at radius 1 is 1.10 bits per heavy atom. The van der Waals surface area contributed by atoms with E-state index in [-0.39, 0.29) is 35.9 Å². The molecule has 0 radical (unpaired) electrons. The summed E-state index contributed by atoms with van der Waals surface area (Å²) in [6, 6.07) is 7.00. The lowest BCUT2D eigenvalue weighted by Crippen LogP contribution is -2.34. The van der Waals surface area contributed by atoms with E-state index in [0.29, 0.717) is 11.4 Å². The van der Waals surface area contributed by atoms with Crippen LogP contribution in [0.4, 0.5) is 5.69 Å². The Hall–Kier alpha value is -2.14. The minimum absolute atomic E-state index is 0.176. The molecule has 3 aliphatic rings. The Morgan fingerprint density at radius 3 is 2.35 bits per heavy atom. The fraction of sp³-hybridized carbons (Fsp3) is 0.333. The predicted octanol–water partition coefficient (Wildman–Crippen LogP) is 1.14. The molecule has 0 aromatic heterocycles. The van der Waals surface area contributed by atoms with Crippen molar-refractivity contribution in [2.24, 2.45) is 11.8 Å². The van der Waals surface area contributed by atoms with Crippen molar-refractivity contribution >= 4 is 17.5 Å². The Balaban J connectivity index is 1.74. The quantitative estimate of drug-likeness (QED) is 0.598. The molecule has 0 saturated carbocycles. The molecule has 3 heterocycles. The van der Waals surface area contributed by atoms with Gasteiger partial charge in [0.05, 0.1) is 36.8 Å². The molecule has 1 aromatic rings. The summed E-state index contributed by atoms with van der Waals surface area (Å²) >= 11 is 0. The standard InChI is InChI=1S/C15H13NO4/c1-19-9-4-2-3-8(7-9)16-14(17)12-10-5-6-11(20-10)13(12)15(16)18/h2-7,10-13H,1H3/t10-,11-,12-,13+/m0/s1. The van der Waals surface area contributed by atoms with Crippen molar-refractivity contribution in [1.82, 2.24) is 0 Å². The van der Waals surface area contributed by atoms with Crippen molar-refractivity contribution < 1.29 is 19.1 Å². The second kappa shape index (κ2) is 3.93. The zero-order chi connectivity index (χ0) is 13.9. The molecule has 1 aromatic carbocycles. The van der Waals surface area contributed by atoms with Gasteiger partial charge in [0.25, 0.3) is 0 Å². The molecular weight excluding hydrogens is 258 g/mol. The van der Waals surface area contributed by atoms with Gasteiger partial charge in [-0.05, 0) is 12.1 Å². The van der Waals surface area contributed by atoms with Crippen LogP contribution in [0, 0.1) is 11.8 Å². The third-order valence-electron chi connectivity index (χ3n) is 4.22. The number of ether oxygens (including phenoxy) is 2. The number of amides is 2. The molecule has 2 saturated heterocycles. The van der Waals surface area contributed by atoms with Crippen LogP contribution in [-0.2, 0) is 14.3 Å². The maximum Gasteiger partial charge on any atom is 0.240 e. The number of anilines is 1. The SMILES string of the molecule is COc1cccc(N2C(=O)[C@@H]3[C@H](C2=O)[C@@H]2C=C[C@@H]3O2)c1. The van der Waals surface area contributed by atoms with Crippen molar-refractivity contribution in [2.45, 2.75) is 12.2 Å². The number of rotatable bonds is 2. The van der Waals surface area contributed by atoms with E-state index in [1.807, 2.05) is 12.2 Å².